The molecule has 1 amide bonds. The Balaban J connectivity index is 1.94. The number of hydrogen-bond acceptors (Lipinski definition) is 7. The van der Waals surface area contributed by atoms with Crippen molar-refractivity contribution in [3.8, 4) is 11.5 Å². The van der Waals surface area contributed by atoms with E-state index in [1.54, 1.807) is 31.2 Å². The predicted molar refractivity (Wildman–Crippen MR) is 94.4 cm³/mol. The van der Waals surface area contributed by atoms with Gasteiger partial charge in [0.1, 0.15) is 11.5 Å². The fraction of sp³-hybridized carbons (Fsp3) is 0.235. The van der Waals surface area contributed by atoms with Crippen LogP contribution in [-0.4, -0.2) is 37.2 Å². The Labute approximate surface area is 149 Å². The largest absolute Gasteiger partial charge is 0.493 e. The lowest BCUT2D eigenvalue weighted by atomic mass is 10.3. The summed E-state index contributed by atoms with van der Waals surface area (Å²) in [6.07, 6.45) is 1.48. The van der Waals surface area contributed by atoms with Gasteiger partial charge in [-0.3, -0.25) is 10.1 Å². The number of para-hydroxylation sites is 2. The molecule has 1 N–H and O–H groups in total. The number of aryl methyl sites for hydroxylation is 1. The molecule has 8 heteroatoms. The van der Waals surface area contributed by atoms with Crippen LogP contribution < -0.4 is 14.8 Å². The maximum atomic E-state index is 12.0. The number of anilines is 1. The Morgan fingerprint density at radius 2 is 2.04 bits per heavy atom. The molecule has 0 aliphatic carbocycles. The van der Waals surface area contributed by atoms with Gasteiger partial charge in [0.05, 0.1) is 12.8 Å². The van der Waals surface area contributed by atoms with Gasteiger partial charge in [-0.05, 0) is 19.1 Å². The summed E-state index contributed by atoms with van der Waals surface area (Å²) in [7, 11) is 1.52. The third-order valence-corrected chi connectivity index (χ3v) is 4.04. The second-order valence-corrected chi connectivity index (χ2v) is 5.81. The van der Waals surface area contributed by atoms with Crippen LogP contribution in [0.4, 0.5) is 5.13 Å². The predicted octanol–water partition coefficient (Wildman–Crippen LogP) is 2.82. The van der Waals surface area contributed by atoms with Crippen molar-refractivity contribution in [2.45, 2.75) is 6.92 Å². The second kappa shape index (κ2) is 8.84. The molecule has 25 heavy (non-hydrogen) atoms. The van der Waals surface area contributed by atoms with E-state index in [2.05, 4.69) is 16.9 Å². The number of amides is 1. The quantitative estimate of drug-likeness (QED) is 0.574. The highest BCUT2D eigenvalue weighted by Gasteiger charge is 2.18. The molecule has 0 spiro atoms. The molecule has 2 aromatic rings. The number of carbonyl (C=O) groups is 2. The van der Waals surface area contributed by atoms with E-state index in [1.807, 2.05) is 0 Å². The summed E-state index contributed by atoms with van der Waals surface area (Å²) in [6, 6.07) is 7.02. The van der Waals surface area contributed by atoms with Crippen molar-refractivity contribution in [3.05, 3.63) is 47.5 Å². The molecule has 2 rings (SSSR count). The molecule has 0 unspecified atom stereocenters. The van der Waals surface area contributed by atoms with Crippen LogP contribution in [0.5, 0.6) is 11.5 Å². The number of nitrogens with zero attached hydrogens (tertiary/aromatic N) is 1. The van der Waals surface area contributed by atoms with E-state index >= 15 is 0 Å². The zero-order valence-electron chi connectivity index (χ0n) is 13.9. The standard InChI is InChI=1S/C17H18N2O5S/c1-4-9-23-16(21)15-11(2)18-17(25-15)19-14(20)10-24-13-8-6-5-7-12(13)22-3/h4-8H,1,9-10H2,2-3H3,(H,18,19,20). The second-order valence-electron chi connectivity index (χ2n) is 4.81. The van der Waals surface area contributed by atoms with Crippen molar-refractivity contribution in [1.29, 1.82) is 0 Å². The molecule has 0 aliphatic heterocycles. The first kappa shape index (κ1) is 18.5. The Bertz CT molecular complexity index is 772. The van der Waals surface area contributed by atoms with Crippen LogP contribution >= 0.6 is 11.3 Å². The summed E-state index contributed by atoms with van der Waals surface area (Å²) >= 11 is 1.04. The molecule has 7 nitrogen and oxygen atoms in total. The molecule has 0 atom stereocenters. The summed E-state index contributed by atoms with van der Waals surface area (Å²) in [5.74, 6) is 0.100. The van der Waals surface area contributed by atoms with E-state index < -0.39 is 11.9 Å². The van der Waals surface area contributed by atoms with E-state index in [0.717, 1.165) is 11.3 Å². The van der Waals surface area contributed by atoms with Gasteiger partial charge in [-0.15, -0.1) is 0 Å². The van der Waals surface area contributed by atoms with E-state index in [1.165, 1.54) is 13.2 Å². The normalized spacial score (nSPS) is 10.0. The first-order valence-electron chi connectivity index (χ1n) is 7.36. The van der Waals surface area contributed by atoms with Gasteiger partial charge >= 0.3 is 5.97 Å². The molecule has 0 fully saturated rings. The number of hydrogen-bond donors (Lipinski definition) is 1. The first-order valence-corrected chi connectivity index (χ1v) is 8.18. The number of methoxy groups -OCH3 is 1. The van der Waals surface area contributed by atoms with E-state index in [4.69, 9.17) is 14.2 Å². The molecule has 1 aromatic carbocycles. The van der Waals surface area contributed by atoms with Gasteiger partial charge in [0, 0.05) is 0 Å². The van der Waals surface area contributed by atoms with Crippen LogP contribution in [-0.2, 0) is 9.53 Å². The molecule has 0 aliphatic rings. The zero-order chi connectivity index (χ0) is 18.2. The van der Waals surface area contributed by atoms with E-state index in [-0.39, 0.29) is 13.2 Å². The van der Waals surface area contributed by atoms with Crippen molar-refractivity contribution < 1.29 is 23.8 Å². The maximum Gasteiger partial charge on any atom is 0.350 e. The van der Waals surface area contributed by atoms with Crippen LogP contribution in [0, 0.1) is 6.92 Å². The fourth-order valence-corrected chi connectivity index (χ4v) is 2.75. The number of aromatic nitrogens is 1. The molecular formula is C17H18N2O5S. The van der Waals surface area contributed by atoms with Crippen LogP contribution in [0.25, 0.3) is 0 Å². The lowest BCUT2D eigenvalue weighted by molar-refractivity contribution is -0.118. The monoisotopic (exact) mass is 362 g/mol. The Hall–Kier alpha value is -2.87. The van der Waals surface area contributed by atoms with Gasteiger partial charge in [-0.2, -0.15) is 0 Å². The van der Waals surface area contributed by atoms with Gasteiger partial charge in [-0.1, -0.05) is 36.1 Å². The average Bonchev–Trinajstić information content (AvgIpc) is 2.98. The highest BCUT2D eigenvalue weighted by Crippen LogP contribution is 2.26. The first-order chi connectivity index (χ1) is 12.0. The molecular weight excluding hydrogens is 344 g/mol. The summed E-state index contributed by atoms with van der Waals surface area (Å²) in [5.41, 5.74) is 0.486. The van der Waals surface area contributed by atoms with Crippen molar-refractivity contribution in [3.63, 3.8) is 0 Å². The van der Waals surface area contributed by atoms with Gasteiger partial charge in [-0.25, -0.2) is 9.78 Å². The van der Waals surface area contributed by atoms with Crippen molar-refractivity contribution >= 4 is 28.3 Å². The van der Waals surface area contributed by atoms with E-state index in [0.29, 0.717) is 27.2 Å². The number of ether oxygens (including phenoxy) is 3. The van der Waals surface area contributed by atoms with Gasteiger partial charge in [0.2, 0.25) is 0 Å². The van der Waals surface area contributed by atoms with Crippen LogP contribution in [0.15, 0.2) is 36.9 Å². The third-order valence-electron chi connectivity index (χ3n) is 2.99. The number of rotatable bonds is 8. The lowest BCUT2D eigenvalue weighted by Crippen LogP contribution is -2.20. The van der Waals surface area contributed by atoms with Crippen molar-refractivity contribution in [2.75, 3.05) is 25.6 Å². The minimum atomic E-state index is -0.499. The number of thiazole rings is 1. The highest BCUT2D eigenvalue weighted by atomic mass is 32.1. The summed E-state index contributed by atoms with van der Waals surface area (Å²) < 4.78 is 15.6. The number of esters is 1. The maximum absolute atomic E-state index is 12.0. The molecule has 0 saturated heterocycles. The molecule has 1 aromatic heterocycles. The zero-order valence-corrected chi connectivity index (χ0v) is 14.7. The Kier molecular flexibility index (Phi) is 6.53. The average molecular weight is 362 g/mol. The Morgan fingerprint density at radius 3 is 2.72 bits per heavy atom. The minimum absolute atomic E-state index is 0.116. The van der Waals surface area contributed by atoms with Crippen LogP contribution in [0.1, 0.15) is 15.4 Å². The lowest BCUT2D eigenvalue weighted by Gasteiger charge is -2.09. The van der Waals surface area contributed by atoms with Crippen LogP contribution in [0.2, 0.25) is 0 Å². The molecule has 1 heterocycles. The van der Waals surface area contributed by atoms with Crippen molar-refractivity contribution in [1.82, 2.24) is 4.98 Å². The molecule has 0 bridgehead atoms. The summed E-state index contributed by atoms with van der Waals surface area (Å²) in [5, 5.41) is 2.90. The fourth-order valence-electron chi connectivity index (χ4n) is 1.88. The number of benzene rings is 1. The minimum Gasteiger partial charge on any atom is -0.493 e. The van der Waals surface area contributed by atoms with E-state index in [9.17, 15) is 9.59 Å². The summed E-state index contributed by atoms with van der Waals surface area (Å²) in [6.45, 7) is 5.05. The topological polar surface area (TPSA) is 86.8 Å². The number of carbonyl (C=O) groups excluding carboxylic acids is 2. The molecule has 132 valence electrons. The van der Waals surface area contributed by atoms with Crippen molar-refractivity contribution in [2.24, 2.45) is 0 Å². The van der Waals surface area contributed by atoms with Gasteiger partial charge in [0.25, 0.3) is 5.91 Å². The SMILES string of the molecule is C=CCOC(=O)c1sc(NC(=O)COc2ccccc2OC)nc1C. The molecule has 0 saturated carbocycles. The molecule has 0 radical (unpaired) electrons. The van der Waals surface area contributed by atoms with Gasteiger partial charge < -0.3 is 14.2 Å². The van der Waals surface area contributed by atoms with Gasteiger partial charge in [0.15, 0.2) is 23.2 Å². The summed E-state index contributed by atoms with van der Waals surface area (Å²) in [4.78, 5) is 28.3. The third kappa shape index (κ3) is 5.05. The smallest absolute Gasteiger partial charge is 0.350 e. The Morgan fingerprint density at radius 1 is 1.32 bits per heavy atom. The highest BCUT2D eigenvalue weighted by molar-refractivity contribution is 7.17. The number of nitrogens with one attached hydrogen (secondary N) is 1. The van der Waals surface area contributed by atoms with Crippen LogP contribution in [0.3, 0.4) is 0 Å².